The number of rotatable bonds is 2. The van der Waals surface area contributed by atoms with Crippen LogP contribution in [0.25, 0.3) is 6.08 Å². The maximum atomic E-state index is 12.4. The normalized spacial score (nSPS) is 16.5. The number of nitrogens with zero attached hydrogens (tertiary/aromatic N) is 1. The number of phenolic OH excluding ortho intramolecular Hbond substituents is 1. The van der Waals surface area contributed by atoms with Gasteiger partial charge in [-0.15, -0.1) is 0 Å². The van der Waals surface area contributed by atoms with Crippen LogP contribution < -0.4 is 0 Å². The van der Waals surface area contributed by atoms with Gasteiger partial charge in [-0.25, -0.2) is 0 Å². The van der Waals surface area contributed by atoms with Crippen molar-refractivity contribution in [1.29, 1.82) is 0 Å². The number of hydrogen-bond donors (Lipinski definition) is 1. The number of carbonyl (C=O) groups excluding carboxylic acids is 1. The van der Waals surface area contributed by atoms with Crippen LogP contribution in [-0.2, 0) is 15.6 Å². The Balaban J connectivity index is 2.37. The summed E-state index contributed by atoms with van der Waals surface area (Å²) in [4.78, 5) is 14.3. The Morgan fingerprint density at radius 2 is 1.44 bits per heavy atom. The fraction of sp³-hybridized carbons (Fsp3) is 0.591. The summed E-state index contributed by atoms with van der Waals surface area (Å²) in [7, 11) is 0. The van der Waals surface area contributed by atoms with Gasteiger partial charge in [0.25, 0.3) is 0 Å². The van der Waals surface area contributed by atoms with E-state index in [1.54, 1.807) is 6.08 Å². The summed E-state index contributed by atoms with van der Waals surface area (Å²) in [5.74, 6) is 0.460. The molecule has 25 heavy (non-hydrogen) atoms. The number of phenols is 1. The Labute approximate surface area is 152 Å². The van der Waals surface area contributed by atoms with Crippen molar-refractivity contribution in [3.63, 3.8) is 0 Å². The number of piperidine rings is 1. The summed E-state index contributed by atoms with van der Waals surface area (Å²) in [5, 5.41) is 10.8. The van der Waals surface area contributed by atoms with Gasteiger partial charge in [-0.2, -0.15) is 0 Å². The van der Waals surface area contributed by atoms with Crippen LogP contribution in [0.3, 0.4) is 0 Å². The van der Waals surface area contributed by atoms with Crippen LogP contribution in [0.15, 0.2) is 18.2 Å². The van der Waals surface area contributed by atoms with Crippen molar-refractivity contribution in [2.24, 2.45) is 0 Å². The third-order valence-corrected chi connectivity index (χ3v) is 4.83. The molecule has 1 aromatic rings. The Bertz CT molecular complexity index is 619. The largest absolute Gasteiger partial charge is 0.507 e. The van der Waals surface area contributed by atoms with Crippen molar-refractivity contribution < 1.29 is 9.90 Å². The average molecular weight is 344 g/mol. The Morgan fingerprint density at radius 1 is 0.960 bits per heavy atom. The second-order valence-corrected chi connectivity index (χ2v) is 9.18. The minimum absolute atomic E-state index is 0.0855. The average Bonchev–Trinajstić information content (AvgIpc) is 2.52. The van der Waals surface area contributed by atoms with E-state index in [0.717, 1.165) is 42.6 Å². The van der Waals surface area contributed by atoms with E-state index in [2.05, 4.69) is 41.5 Å². The highest BCUT2D eigenvalue weighted by Gasteiger charge is 2.26. The second-order valence-electron chi connectivity index (χ2n) is 9.18. The predicted octanol–water partition coefficient (Wildman–Crippen LogP) is 5.01. The van der Waals surface area contributed by atoms with Gasteiger partial charge < -0.3 is 10.0 Å². The Morgan fingerprint density at radius 3 is 1.88 bits per heavy atom. The van der Waals surface area contributed by atoms with E-state index in [-0.39, 0.29) is 16.7 Å². The smallest absolute Gasteiger partial charge is 0.246 e. The summed E-state index contributed by atoms with van der Waals surface area (Å²) in [6.07, 6.45) is 6.98. The minimum Gasteiger partial charge on any atom is -0.507 e. The minimum atomic E-state index is -0.162. The van der Waals surface area contributed by atoms with E-state index in [4.69, 9.17) is 0 Å². The van der Waals surface area contributed by atoms with Crippen molar-refractivity contribution in [3.05, 3.63) is 34.9 Å². The topological polar surface area (TPSA) is 40.5 Å². The van der Waals surface area contributed by atoms with E-state index in [9.17, 15) is 9.90 Å². The second kappa shape index (κ2) is 7.23. The standard InChI is InChI=1S/C22H33NO2/c1-21(2,3)17-14-16(15-18(20(17)25)22(4,5)6)10-11-19(24)23-12-8-7-9-13-23/h10-11,14-15,25H,7-9,12-13H2,1-6H3/b11-10+. The maximum absolute atomic E-state index is 12.4. The first kappa shape index (κ1) is 19.6. The molecule has 0 bridgehead atoms. The van der Waals surface area contributed by atoms with E-state index in [1.165, 1.54) is 6.42 Å². The maximum Gasteiger partial charge on any atom is 0.246 e. The molecule has 1 N–H and O–H groups in total. The van der Waals surface area contributed by atoms with Crippen molar-refractivity contribution in [3.8, 4) is 5.75 Å². The van der Waals surface area contributed by atoms with Gasteiger partial charge in [-0.3, -0.25) is 4.79 Å². The highest BCUT2D eigenvalue weighted by molar-refractivity contribution is 5.92. The number of benzene rings is 1. The van der Waals surface area contributed by atoms with Gasteiger partial charge in [-0.05, 0) is 53.9 Å². The molecule has 3 nitrogen and oxygen atoms in total. The zero-order chi connectivity index (χ0) is 18.8. The first-order chi connectivity index (χ1) is 11.5. The predicted molar refractivity (Wildman–Crippen MR) is 105 cm³/mol. The number of carbonyl (C=O) groups is 1. The van der Waals surface area contributed by atoms with E-state index < -0.39 is 0 Å². The third kappa shape index (κ3) is 4.87. The van der Waals surface area contributed by atoms with Gasteiger partial charge in [0.05, 0.1) is 0 Å². The Kier molecular flexibility index (Phi) is 5.65. The lowest BCUT2D eigenvalue weighted by Gasteiger charge is -2.28. The third-order valence-electron chi connectivity index (χ3n) is 4.83. The van der Waals surface area contributed by atoms with Crippen molar-refractivity contribution >= 4 is 12.0 Å². The number of aromatic hydroxyl groups is 1. The van der Waals surface area contributed by atoms with Crippen LogP contribution in [0.5, 0.6) is 5.75 Å². The molecule has 1 heterocycles. The van der Waals surface area contributed by atoms with E-state index in [1.807, 2.05) is 23.1 Å². The van der Waals surface area contributed by atoms with Gasteiger partial charge in [0, 0.05) is 30.3 Å². The highest BCUT2D eigenvalue weighted by atomic mass is 16.3. The lowest BCUT2D eigenvalue weighted by molar-refractivity contribution is -0.126. The summed E-state index contributed by atoms with van der Waals surface area (Å²) in [5.41, 5.74) is 2.49. The summed E-state index contributed by atoms with van der Waals surface area (Å²) < 4.78 is 0. The molecular formula is C22H33NO2. The van der Waals surface area contributed by atoms with Gasteiger partial charge in [-0.1, -0.05) is 41.5 Å². The summed E-state index contributed by atoms with van der Waals surface area (Å²) in [6.45, 7) is 14.3. The van der Waals surface area contributed by atoms with Crippen LogP contribution >= 0.6 is 0 Å². The van der Waals surface area contributed by atoms with Gasteiger partial charge in [0.15, 0.2) is 0 Å². The molecule has 0 saturated carbocycles. The molecular weight excluding hydrogens is 310 g/mol. The van der Waals surface area contributed by atoms with E-state index in [0.29, 0.717) is 5.75 Å². The zero-order valence-electron chi connectivity index (χ0n) is 16.6. The van der Waals surface area contributed by atoms with Crippen LogP contribution in [0, 0.1) is 0 Å². The number of likely N-dealkylation sites (tertiary alicyclic amines) is 1. The number of amides is 1. The highest BCUT2D eigenvalue weighted by Crippen LogP contribution is 2.40. The fourth-order valence-electron chi connectivity index (χ4n) is 3.28. The molecule has 3 heteroatoms. The zero-order valence-corrected chi connectivity index (χ0v) is 16.6. The van der Waals surface area contributed by atoms with Crippen LogP contribution in [0.4, 0.5) is 0 Å². The molecule has 1 aliphatic heterocycles. The van der Waals surface area contributed by atoms with Crippen molar-refractivity contribution in [2.45, 2.75) is 71.6 Å². The molecule has 1 saturated heterocycles. The van der Waals surface area contributed by atoms with Crippen LogP contribution in [0.1, 0.15) is 77.5 Å². The fourth-order valence-corrected chi connectivity index (χ4v) is 3.28. The quantitative estimate of drug-likeness (QED) is 0.767. The molecule has 0 aliphatic carbocycles. The van der Waals surface area contributed by atoms with E-state index >= 15 is 0 Å². The molecule has 138 valence electrons. The molecule has 1 amide bonds. The molecule has 1 aromatic carbocycles. The summed E-state index contributed by atoms with van der Waals surface area (Å²) >= 11 is 0. The lowest BCUT2D eigenvalue weighted by atomic mass is 9.78. The first-order valence-corrected chi connectivity index (χ1v) is 9.35. The molecule has 0 spiro atoms. The monoisotopic (exact) mass is 343 g/mol. The molecule has 0 radical (unpaired) electrons. The van der Waals surface area contributed by atoms with Gasteiger partial charge >= 0.3 is 0 Å². The first-order valence-electron chi connectivity index (χ1n) is 9.35. The van der Waals surface area contributed by atoms with Crippen LogP contribution in [-0.4, -0.2) is 29.0 Å². The summed E-state index contributed by atoms with van der Waals surface area (Å²) in [6, 6.07) is 4.01. The molecule has 0 atom stereocenters. The van der Waals surface area contributed by atoms with Gasteiger partial charge in [0.2, 0.25) is 5.91 Å². The molecule has 0 unspecified atom stereocenters. The lowest BCUT2D eigenvalue weighted by Crippen LogP contribution is -2.34. The Hall–Kier alpha value is -1.77. The molecule has 2 rings (SSSR count). The van der Waals surface area contributed by atoms with Crippen molar-refractivity contribution in [2.75, 3.05) is 13.1 Å². The number of hydrogen-bond acceptors (Lipinski definition) is 2. The van der Waals surface area contributed by atoms with Crippen molar-refractivity contribution in [1.82, 2.24) is 4.90 Å². The molecule has 0 aromatic heterocycles. The van der Waals surface area contributed by atoms with Crippen LogP contribution in [0.2, 0.25) is 0 Å². The SMILES string of the molecule is CC(C)(C)c1cc(/C=C/C(=O)N2CCCCC2)cc(C(C)(C)C)c1O. The molecule has 1 fully saturated rings. The van der Waals surface area contributed by atoms with Gasteiger partial charge in [0.1, 0.15) is 5.75 Å². The molecule has 1 aliphatic rings.